The third kappa shape index (κ3) is 4.68. The predicted molar refractivity (Wildman–Crippen MR) is 116 cm³/mol. The van der Waals surface area contributed by atoms with Crippen LogP contribution in [0.25, 0.3) is 0 Å². The molecule has 164 valence electrons. The van der Waals surface area contributed by atoms with E-state index in [9.17, 15) is 14.4 Å². The summed E-state index contributed by atoms with van der Waals surface area (Å²) >= 11 is 0. The molecule has 3 atom stereocenters. The highest BCUT2D eigenvalue weighted by Gasteiger charge is 2.37. The summed E-state index contributed by atoms with van der Waals surface area (Å²) in [6.45, 7) is 5.06. The Morgan fingerprint density at radius 3 is 2.43 bits per heavy atom. The lowest BCUT2D eigenvalue weighted by atomic mass is 9.79. The monoisotopic (exact) mass is 414 g/mol. The second kappa shape index (κ2) is 10.1. The SMILES string of the molecule is CCc1cccc(CC)c1N1CC(C(=O)NCC2CCCCC2C(=O)OC)CC1=O. The molecule has 1 N–H and O–H groups in total. The van der Waals surface area contributed by atoms with Gasteiger partial charge in [-0.15, -0.1) is 0 Å². The first-order valence-corrected chi connectivity index (χ1v) is 11.3. The Bertz CT molecular complexity index is 769. The molecule has 1 aliphatic carbocycles. The zero-order valence-electron chi connectivity index (χ0n) is 18.4. The van der Waals surface area contributed by atoms with Gasteiger partial charge in [0.2, 0.25) is 11.8 Å². The Balaban J connectivity index is 1.65. The van der Waals surface area contributed by atoms with Crippen LogP contribution in [-0.2, 0) is 32.0 Å². The van der Waals surface area contributed by atoms with Crippen molar-refractivity contribution in [3.63, 3.8) is 0 Å². The molecule has 1 heterocycles. The fourth-order valence-electron chi connectivity index (χ4n) is 4.95. The fourth-order valence-corrected chi connectivity index (χ4v) is 4.95. The van der Waals surface area contributed by atoms with Crippen LogP contribution in [0.5, 0.6) is 0 Å². The molecule has 0 spiro atoms. The lowest BCUT2D eigenvalue weighted by molar-refractivity contribution is -0.148. The summed E-state index contributed by atoms with van der Waals surface area (Å²) in [5, 5.41) is 3.03. The van der Waals surface area contributed by atoms with Crippen molar-refractivity contribution in [3.05, 3.63) is 29.3 Å². The van der Waals surface area contributed by atoms with E-state index in [0.29, 0.717) is 13.1 Å². The summed E-state index contributed by atoms with van der Waals surface area (Å²) in [5.74, 6) is -0.653. The van der Waals surface area contributed by atoms with Gasteiger partial charge >= 0.3 is 5.97 Å². The Kier molecular flexibility index (Phi) is 7.51. The number of nitrogens with zero attached hydrogens (tertiary/aromatic N) is 1. The van der Waals surface area contributed by atoms with Crippen molar-refractivity contribution in [3.8, 4) is 0 Å². The lowest BCUT2D eigenvalue weighted by Crippen LogP contribution is -2.40. The van der Waals surface area contributed by atoms with E-state index in [1.807, 2.05) is 6.07 Å². The number of amides is 2. The number of para-hydroxylation sites is 1. The molecule has 3 unspecified atom stereocenters. The minimum atomic E-state index is -0.354. The largest absolute Gasteiger partial charge is 0.469 e. The van der Waals surface area contributed by atoms with Crippen molar-refractivity contribution >= 4 is 23.5 Å². The van der Waals surface area contributed by atoms with E-state index in [1.165, 1.54) is 7.11 Å². The molecule has 1 aromatic carbocycles. The number of aryl methyl sites for hydroxylation is 2. The molecule has 6 heteroatoms. The van der Waals surface area contributed by atoms with Crippen LogP contribution in [-0.4, -0.2) is 38.0 Å². The maximum absolute atomic E-state index is 12.9. The van der Waals surface area contributed by atoms with E-state index >= 15 is 0 Å². The van der Waals surface area contributed by atoms with Gasteiger partial charge in [0.25, 0.3) is 0 Å². The minimum absolute atomic E-state index is 0.0100. The van der Waals surface area contributed by atoms with Crippen LogP contribution in [0.2, 0.25) is 0 Å². The van der Waals surface area contributed by atoms with Crippen LogP contribution in [0.3, 0.4) is 0 Å². The molecular formula is C24H34N2O4. The van der Waals surface area contributed by atoms with Crippen LogP contribution in [0.1, 0.15) is 57.1 Å². The summed E-state index contributed by atoms with van der Waals surface area (Å²) < 4.78 is 4.94. The normalized spacial score (nSPS) is 24.0. The zero-order valence-corrected chi connectivity index (χ0v) is 18.4. The number of carbonyl (C=O) groups is 3. The molecular weight excluding hydrogens is 380 g/mol. The summed E-state index contributed by atoms with van der Waals surface area (Å²) in [6, 6.07) is 6.16. The van der Waals surface area contributed by atoms with Crippen LogP contribution in [0.15, 0.2) is 18.2 Å². The molecule has 2 fully saturated rings. The Morgan fingerprint density at radius 2 is 1.80 bits per heavy atom. The average Bonchev–Trinajstić information content (AvgIpc) is 3.17. The van der Waals surface area contributed by atoms with Crippen molar-refractivity contribution in [1.82, 2.24) is 5.32 Å². The number of nitrogens with one attached hydrogen (secondary N) is 1. The average molecular weight is 415 g/mol. The number of esters is 1. The quantitative estimate of drug-likeness (QED) is 0.695. The third-order valence-corrected chi connectivity index (χ3v) is 6.68. The smallest absolute Gasteiger partial charge is 0.309 e. The number of hydrogen-bond donors (Lipinski definition) is 1. The van der Waals surface area contributed by atoms with Crippen LogP contribution >= 0.6 is 0 Å². The molecule has 1 saturated heterocycles. The fraction of sp³-hybridized carbons (Fsp3) is 0.625. The molecule has 0 aromatic heterocycles. The molecule has 30 heavy (non-hydrogen) atoms. The van der Waals surface area contributed by atoms with Crippen LogP contribution in [0, 0.1) is 17.8 Å². The van der Waals surface area contributed by atoms with Gasteiger partial charge in [-0.2, -0.15) is 0 Å². The van der Waals surface area contributed by atoms with Gasteiger partial charge < -0.3 is 15.0 Å². The van der Waals surface area contributed by atoms with E-state index in [2.05, 4.69) is 31.3 Å². The summed E-state index contributed by atoms with van der Waals surface area (Å²) in [6.07, 6.45) is 5.75. The van der Waals surface area contributed by atoms with Crippen molar-refractivity contribution in [2.24, 2.45) is 17.8 Å². The summed E-state index contributed by atoms with van der Waals surface area (Å²) in [5.41, 5.74) is 3.28. The Labute approximate surface area is 179 Å². The highest BCUT2D eigenvalue weighted by Crippen LogP contribution is 2.33. The van der Waals surface area contributed by atoms with Crippen molar-refractivity contribution in [1.29, 1.82) is 0 Å². The molecule has 1 aromatic rings. The van der Waals surface area contributed by atoms with Gasteiger partial charge in [0.15, 0.2) is 0 Å². The van der Waals surface area contributed by atoms with Gasteiger partial charge in [-0.1, -0.05) is 44.9 Å². The maximum atomic E-state index is 12.9. The maximum Gasteiger partial charge on any atom is 0.309 e. The summed E-state index contributed by atoms with van der Waals surface area (Å²) in [4.78, 5) is 39.5. The molecule has 1 aliphatic heterocycles. The zero-order chi connectivity index (χ0) is 21.7. The molecule has 0 radical (unpaired) electrons. The highest BCUT2D eigenvalue weighted by atomic mass is 16.5. The molecule has 2 amide bonds. The topological polar surface area (TPSA) is 75.7 Å². The lowest BCUT2D eigenvalue weighted by Gasteiger charge is -2.30. The van der Waals surface area contributed by atoms with Gasteiger partial charge in [-0.3, -0.25) is 14.4 Å². The van der Waals surface area contributed by atoms with Gasteiger partial charge in [0, 0.05) is 25.2 Å². The number of rotatable bonds is 7. The first-order chi connectivity index (χ1) is 14.5. The number of anilines is 1. The molecule has 0 bridgehead atoms. The molecule has 2 aliphatic rings. The van der Waals surface area contributed by atoms with Gasteiger partial charge in [0.05, 0.1) is 18.9 Å². The first kappa shape index (κ1) is 22.3. The Hall–Kier alpha value is -2.37. The van der Waals surface area contributed by atoms with Crippen molar-refractivity contribution in [2.45, 2.75) is 58.8 Å². The second-order valence-corrected chi connectivity index (χ2v) is 8.46. The molecule has 1 saturated carbocycles. The highest BCUT2D eigenvalue weighted by molar-refractivity contribution is 6.01. The van der Waals surface area contributed by atoms with Crippen molar-refractivity contribution < 1.29 is 19.1 Å². The number of methoxy groups -OCH3 is 1. The van der Waals surface area contributed by atoms with E-state index in [1.54, 1.807) is 4.90 Å². The van der Waals surface area contributed by atoms with E-state index in [0.717, 1.165) is 55.3 Å². The van der Waals surface area contributed by atoms with Gasteiger partial charge in [0.1, 0.15) is 0 Å². The second-order valence-electron chi connectivity index (χ2n) is 8.46. The van der Waals surface area contributed by atoms with E-state index in [4.69, 9.17) is 4.74 Å². The minimum Gasteiger partial charge on any atom is -0.469 e. The number of carbonyl (C=O) groups excluding carboxylic acids is 3. The van der Waals surface area contributed by atoms with Gasteiger partial charge in [-0.05, 0) is 42.7 Å². The Morgan fingerprint density at radius 1 is 1.13 bits per heavy atom. The predicted octanol–water partition coefficient (Wildman–Crippen LogP) is 3.26. The standard InChI is InChI=1S/C24H34N2O4/c1-4-16-10-8-11-17(5-2)22(16)26-15-19(13-21(26)27)23(28)25-14-18-9-6-7-12-20(18)24(29)30-3/h8,10-11,18-20H,4-7,9,12-15H2,1-3H3,(H,25,28). The molecule has 3 rings (SSSR count). The van der Waals surface area contributed by atoms with E-state index in [-0.39, 0.29) is 42.0 Å². The van der Waals surface area contributed by atoms with E-state index < -0.39 is 0 Å². The number of benzene rings is 1. The third-order valence-electron chi connectivity index (χ3n) is 6.68. The van der Waals surface area contributed by atoms with Crippen LogP contribution < -0.4 is 10.2 Å². The van der Waals surface area contributed by atoms with Gasteiger partial charge in [-0.25, -0.2) is 0 Å². The summed E-state index contributed by atoms with van der Waals surface area (Å²) in [7, 11) is 1.42. The number of hydrogen-bond acceptors (Lipinski definition) is 4. The first-order valence-electron chi connectivity index (χ1n) is 11.3. The van der Waals surface area contributed by atoms with Crippen molar-refractivity contribution in [2.75, 3.05) is 25.1 Å². The van der Waals surface area contributed by atoms with Crippen LogP contribution in [0.4, 0.5) is 5.69 Å². The molecule has 6 nitrogen and oxygen atoms in total. The number of ether oxygens (including phenoxy) is 1.